The lowest BCUT2D eigenvalue weighted by molar-refractivity contribution is -0.159. The summed E-state index contributed by atoms with van der Waals surface area (Å²) in [4.78, 5) is 91.1. The van der Waals surface area contributed by atoms with Gasteiger partial charge in [-0.25, -0.2) is 9.59 Å². The van der Waals surface area contributed by atoms with Crippen LogP contribution in [0.5, 0.6) is 0 Å². The number of methoxy groups -OCH3 is 4. The van der Waals surface area contributed by atoms with E-state index in [2.05, 4.69) is 0 Å². The largest absolute Gasteiger partial charge is 0.468 e. The molecule has 28 aromatic rings. The molecule has 28 aromatic carbocycles. The molecule has 33 rings (SSSR count). The Bertz CT molecular complexity index is 7550. The second-order valence-corrected chi connectivity index (χ2v) is 31.0. The van der Waals surface area contributed by atoms with E-state index < -0.39 is 46.8 Å². The van der Waals surface area contributed by atoms with E-state index in [1.54, 1.807) is 0 Å². The van der Waals surface area contributed by atoms with E-state index in [4.69, 9.17) is 18.9 Å². The summed E-state index contributed by atoms with van der Waals surface area (Å²) in [7, 11) is 5.48. The predicted octanol–water partition coefficient (Wildman–Crippen LogP) is 16.5. The van der Waals surface area contributed by atoms with Crippen LogP contribution in [-0.2, 0) is 58.5 Å². The van der Waals surface area contributed by atoms with Crippen LogP contribution in [0.3, 0.4) is 0 Å². The van der Waals surface area contributed by atoms with Crippen molar-refractivity contribution >= 4 is 327 Å². The van der Waals surface area contributed by atoms with Gasteiger partial charge in [0.05, 0.1) is 39.3 Å². The standard InChI is InChI=1S/C82H34N2O10/c1-91-17(87)13-83(14-18(88)92-2)15(85)11-9-7-5-6-8-10-12-16(86)84-77(79(89)93-3)81-73-65-57-47-37-29-21-19-20-23-27-25(21)33-41-35(27)45-39-31(23)32-24(20)28-26-22(19)30(29)38-44-34(26)42-36(28)46-40(32)50-49(39)59-53(45)63-55(41)61(51(57)43(33)37)69(73)71(63)75-67(59)68-60(50)54(46)64-56(42)62-52(44)58(48(38)47)66(65)74(81)70(62)72(64)76(68)82(75,81)78(84)80(90)94-4/h77-78H,5-14H2,1-4H3/t77-,78+,81?,82?. The van der Waals surface area contributed by atoms with Crippen LogP contribution >= 0.6 is 0 Å². The van der Waals surface area contributed by atoms with Crippen LogP contribution < -0.4 is 0 Å². The number of rotatable bonds is 15. The van der Waals surface area contributed by atoms with E-state index in [0.29, 0.717) is 19.3 Å². The maximum Gasteiger partial charge on any atom is 0.329 e. The SMILES string of the molecule is COC(=O)CN(CC(=O)OC)C(=O)CCCCCCCCC(=O)N1[C@@H](C(=O)OC)C23c4c5c6c7c8c9c(c%10c%11c2c2c4c4c%12c5c5c6c6c8c8c%13c9c9c%10c%10c%11c%11c2c2c4c4c%12c%12c5c5c6c8c6c8c%13c9c9c%10c%10c%11c2c2c4c4c%12c5c6c5c8c9c%10c2c45)C73[C@H]1C(=O)OC. The number of hydrogen-bond acceptors (Lipinski definition) is 10. The number of nitrogens with zero attached hydrogens (tertiary/aromatic N) is 2. The monoisotopic (exact) mass is 1210 g/mol. The van der Waals surface area contributed by atoms with Crippen LogP contribution in [0.4, 0.5) is 0 Å². The molecule has 12 nitrogen and oxygen atoms in total. The van der Waals surface area contributed by atoms with Gasteiger partial charge in [0.15, 0.2) is 0 Å². The molecule has 0 unspecified atom stereocenters. The zero-order chi connectivity index (χ0) is 60.2. The first-order valence-corrected chi connectivity index (χ1v) is 33.8. The molecule has 5 aliphatic rings. The van der Waals surface area contributed by atoms with Gasteiger partial charge in [-0.2, -0.15) is 0 Å². The van der Waals surface area contributed by atoms with E-state index >= 15 is 14.4 Å². The van der Waals surface area contributed by atoms with Crippen molar-refractivity contribution in [1.82, 2.24) is 9.80 Å². The Morgan fingerprint density at radius 2 is 0.468 bits per heavy atom. The third-order valence-corrected chi connectivity index (χ3v) is 29.4. The first-order chi connectivity index (χ1) is 46.2. The number of hydrogen-bond donors (Lipinski definition) is 0. The van der Waals surface area contributed by atoms with Gasteiger partial charge < -0.3 is 28.7 Å². The topological polar surface area (TPSA) is 146 Å². The molecule has 1 aliphatic heterocycles. The Morgan fingerprint density at radius 1 is 0.277 bits per heavy atom. The van der Waals surface area contributed by atoms with Crippen LogP contribution in [0.2, 0.25) is 0 Å². The van der Waals surface area contributed by atoms with Crippen molar-refractivity contribution in [1.29, 1.82) is 0 Å². The minimum Gasteiger partial charge on any atom is -0.468 e. The number of likely N-dealkylation sites (tertiary alicyclic amines) is 1. The van der Waals surface area contributed by atoms with Gasteiger partial charge >= 0.3 is 23.9 Å². The van der Waals surface area contributed by atoms with Crippen molar-refractivity contribution in [3.63, 3.8) is 0 Å². The Morgan fingerprint density at radius 3 is 0.670 bits per heavy atom. The van der Waals surface area contributed by atoms with Gasteiger partial charge in [-0.1, -0.05) is 25.7 Å². The lowest BCUT2D eigenvalue weighted by Gasteiger charge is -2.51. The quantitative estimate of drug-likeness (QED) is 0.0421. The molecule has 2 spiro atoms. The number of carbonyl (C=O) groups is 6. The number of carbonyl (C=O) groups excluding carboxylic acids is 6. The molecule has 1 saturated heterocycles. The average Bonchev–Trinajstić information content (AvgIpc) is 1.38. The van der Waals surface area contributed by atoms with Gasteiger partial charge in [-0.15, -0.1) is 0 Å². The number of ether oxygens (including phenoxy) is 4. The molecule has 0 saturated carbocycles. The zero-order valence-corrected chi connectivity index (χ0v) is 50.2. The lowest BCUT2D eigenvalue weighted by Crippen LogP contribution is -2.59. The van der Waals surface area contributed by atoms with Gasteiger partial charge in [0.25, 0.3) is 0 Å². The lowest BCUT2D eigenvalue weighted by atomic mass is 9.46. The molecule has 2 amide bonds. The molecule has 4 aliphatic carbocycles. The van der Waals surface area contributed by atoms with E-state index in [1.165, 1.54) is 324 Å². The van der Waals surface area contributed by atoms with E-state index in [-0.39, 0.29) is 37.7 Å². The van der Waals surface area contributed by atoms with Gasteiger partial charge in [0.2, 0.25) is 11.8 Å². The number of amides is 2. The second kappa shape index (κ2) is 11.3. The minimum atomic E-state index is -1.33. The molecule has 0 aromatic heterocycles. The zero-order valence-electron chi connectivity index (χ0n) is 50.2. The first kappa shape index (κ1) is 43.2. The Labute approximate surface area is 519 Å². The van der Waals surface area contributed by atoms with Crippen LogP contribution in [0.25, 0.3) is 291 Å². The fourth-order valence-corrected chi connectivity index (χ4v) is 28.2. The van der Waals surface area contributed by atoms with Crippen molar-refractivity contribution in [2.75, 3.05) is 41.5 Å². The number of benzene rings is 18. The Hall–Kier alpha value is -10.7. The van der Waals surface area contributed by atoms with Crippen LogP contribution in [0.15, 0.2) is 0 Å². The summed E-state index contributed by atoms with van der Waals surface area (Å²) in [5.41, 5.74) is 1.94. The highest BCUT2D eigenvalue weighted by Gasteiger charge is 2.83. The molecule has 1 heterocycles. The summed E-state index contributed by atoms with van der Waals surface area (Å²) in [6.07, 6.45) is 4.31. The molecule has 2 atom stereocenters. The average molecular weight is 1210 g/mol. The molecule has 0 bridgehead atoms. The number of unbranched alkanes of at least 4 members (excludes halogenated alkanes) is 5. The third kappa shape index (κ3) is 2.90. The van der Waals surface area contributed by atoms with Crippen molar-refractivity contribution in [2.24, 2.45) is 0 Å². The summed E-state index contributed by atoms with van der Waals surface area (Å²) in [6.45, 7) is -0.681. The van der Waals surface area contributed by atoms with Crippen molar-refractivity contribution in [3.8, 4) is 0 Å². The highest BCUT2D eigenvalue weighted by Crippen LogP contribution is 2.87. The van der Waals surface area contributed by atoms with Gasteiger partial charge in [0.1, 0.15) is 25.2 Å². The third-order valence-electron chi connectivity index (χ3n) is 29.4. The maximum absolute atomic E-state index is 16.8. The molecule has 12 heteroatoms. The molecular weight excluding hydrogens is 1170 g/mol. The van der Waals surface area contributed by atoms with E-state index in [0.717, 1.165) is 41.5 Å². The summed E-state index contributed by atoms with van der Waals surface area (Å²) < 4.78 is 22.5. The smallest absolute Gasteiger partial charge is 0.329 e. The summed E-state index contributed by atoms with van der Waals surface area (Å²) in [5, 5.41) is 75.5. The summed E-state index contributed by atoms with van der Waals surface area (Å²) in [5.74, 6) is -2.80. The maximum atomic E-state index is 16.8. The summed E-state index contributed by atoms with van der Waals surface area (Å²) >= 11 is 0. The minimum absolute atomic E-state index is 0.0978. The molecule has 94 heavy (non-hydrogen) atoms. The second-order valence-electron chi connectivity index (χ2n) is 31.0. The fourth-order valence-electron chi connectivity index (χ4n) is 28.2. The molecule has 1 fully saturated rings. The number of esters is 4. The van der Waals surface area contributed by atoms with E-state index in [9.17, 15) is 14.4 Å². The summed E-state index contributed by atoms with van der Waals surface area (Å²) in [6, 6.07) is -2.50. The highest BCUT2D eigenvalue weighted by molar-refractivity contribution is 6.82. The molecule has 0 N–H and O–H groups in total. The van der Waals surface area contributed by atoms with E-state index in [1.807, 2.05) is 4.90 Å². The Balaban J connectivity index is 0.749. The first-order valence-electron chi connectivity index (χ1n) is 33.8. The molecule has 432 valence electrons. The van der Waals surface area contributed by atoms with Crippen LogP contribution in [-0.4, -0.2) is 99.1 Å². The Kier molecular flexibility index (Phi) is 5.19. The molecular formula is C82H34N2O10. The fraction of sp³-hybridized carbons (Fsp3) is 0.220. The predicted molar refractivity (Wildman–Crippen MR) is 370 cm³/mol. The van der Waals surface area contributed by atoms with Crippen molar-refractivity contribution in [3.05, 3.63) is 22.3 Å². The van der Waals surface area contributed by atoms with Gasteiger partial charge in [-0.3, -0.25) is 19.2 Å². The van der Waals surface area contributed by atoms with Crippen LogP contribution in [0.1, 0.15) is 73.6 Å². The van der Waals surface area contributed by atoms with Crippen molar-refractivity contribution < 1.29 is 47.7 Å². The van der Waals surface area contributed by atoms with Crippen LogP contribution in [0, 0.1) is 0 Å². The van der Waals surface area contributed by atoms with Crippen molar-refractivity contribution in [2.45, 2.75) is 74.3 Å². The van der Waals surface area contributed by atoms with Gasteiger partial charge in [0, 0.05) is 12.8 Å². The highest BCUT2D eigenvalue weighted by atomic mass is 16.5. The normalized spacial score (nSPS) is 21.1. The van der Waals surface area contributed by atoms with Gasteiger partial charge in [-0.05, 0) is 326 Å². The molecule has 0 radical (unpaired) electrons.